The number of guanidine groups is 1. The summed E-state index contributed by atoms with van der Waals surface area (Å²) in [5.41, 5.74) is 1.17. The van der Waals surface area contributed by atoms with Crippen molar-refractivity contribution in [3.8, 4) is 0 Å². The second-order valence-corrected chi connectivity index (χ2v) is 7.42. The zero-order chi connectivity index (χ0) is 18.2. The molecule has 2 atom stereocenters. The van der Waals surface area contributed by atoms with Gasteiger partial charge in [0.1, 0.15) is 6.10 Å². The number of aliphatic imine (C=N–C) groups is 1. The molecule has 1 aromatic rings. The SMILES string of the molecule is CCNC(=NCC(OC)c1ccccc1)NC1CCN(C2CCCC2)C1. The fourth-order valence-corrected chi connectivity index (χ4v) is 4.18. The summed E-state index contributed by atoms with van der Waals surface area (Å²) in [6.07, 6.45) is 6.77. The van der Waals surface area contributed by atoms with E-state index in [0.717, 1.165) is 25.1 Å². The van der Waals surface area contributed by atoms with Crippen molar-refractivity contribution >= 4 is 5.96 Å². The predicted molar refractivity (Wildman–Crippen MR) is 108 cm³/mol. The van der Waals surface area contributed by atoms with Crippen molar-refractivity contribution in [2.24, 2.45) is 4.99 Å². The van der Waals surface area contributed by atoms with Crippen LogP contribution < -0.4 is 10.6 Å². The molecule has 2 N–H and O–H groups in total. The number of nitrogens with one attached hydrogen (secondary N) is 2. The molecule has 5 heteroatoms. The standard InChI is InChI=1S/C21H34N4O/c1-3-22-21(23-15-20(26-2)17-9-5-4-6-10-17)24-18-13-14-25(16-18)19-11-7-8-12-19/h4-6,9-10,18-20H,3,7-8,11-16H2,1-2H3,(H2,22,23,24). The van der Waals surface area contributed by atoms with Crippen LogP contribution in [0, 0.1) is 0 Å². The molecule has 0 amide bonds. The van der Waals surface area contributed by atoms with Gasteiger partial charge in [-0.15, -0.1) is 0 Å². The molecule has 2 unspecified atom stereocenters. The molecule has 0 spiro atoms. The van der Waals surface area contributed by atoms with Gasteiger partial charge in [-0.2, -0.15) is 0 Å². The number of hydrogen-bond acceptors (Lipinski definition) is 3. The number of nitrogens with zero attached hydrogens (tertiary/aromatic N) is 2. The van der Waals surface area contributed by atoms with Crippen molar-refractivity contribution in [3.05, 3.63) is 35.9 Å². The second-order valence-electron chi connectivity index (χ2n) is 7.42. The van der Waals surface area contributed by atoms with Gasteiger partial charge in [0.15, 0.2) is 5.96 Å². The number of hydrogen-bond donors (Lipinski definition) is 2. The van der Waals surface area contributed by atoms with Crippen molar-refractivity contribution < 1.29 is 4.74 Å². The normalized spacial score (nSPS) is 23.3. The topological polar surface area (TPSA) is 48.9 Å². The molecule has 3 rings (SSSR count). The van der Waals surface area contributed by atoms with Gasteiger partial charge in [0, 0.05) is 38.8 Å². The third-order valence-corrected chi connectivity index (χ3v) is 5.62. The van der Waals surface area contributed by atoms with Crippen molar-refractivity contribution in [2.75, 3.05) is 33.3 Å². The van der Waals surface area contributed by atoms with Gasteiger partial charge in [0.05, 0.1) is 6.54 Å². The molecule has 0 aromatic heterocycles. The van der Waals surface area contributed by atoms with E-state index in [2.05, 4.69) is 34.6 Å². The highest BCUT2D eigenvalue weighted by Crippen LogP contribution is 2.26. The largest absolute Gasteiger partial charge is 0.375 e. The highest BCUT2D eigenvalue weighted by molar-refractivity contribution is 5.80. The molecule has 2 fully saturated rings. The first-order valence-electron chi connectivity index (χ1n) is 10.2. The van der Waals surface area contributed by atoms with Gasteiger partial charge in [-0.3, -0.25) is 9.89 Å². The van der Waals surface area contributed by atoms with E-state index < -0.39 is 0 Å². The van der Waals surface area contributed by atoms with Crippen LogP contribution in [-0.2, 0) is 4.74 Å². The van der Waals surface area contributed by atoms with E-state index in [1.165, 1.54) is 44.2 Å². The van der Waals surface area contributed by atoms with Gasteiger partial charge in [-0.05, 0) is 31.7 Å². The molecule has 5 nitrogen and oxygen atoms in total. The fraction of sp³-hybridized carbons (Fsp3) is 0.667. The third kappa shape index (κ3) is 5.21. The van der Waals surface area contributed by atoms with Crippen LogP contribution in [0.15, 0.2) is 35.3 Å². The summed E-state index contributed by atoms with van der Waals surface area (Å²) in [7, 11) is 1.75. The molecule has 1 aromatic carbocycles. The summed E-state index contributed by atoms with van der Waals surface area (Å²) in [5.74, 6) is 0.906. The summed E-state index contributed by atoms with van der Waals surface area (Å²) in [5, 5.41) is 7.03. The molecular formula is C21H34N4O. The minimum absolute atomic E-state index is 0.00905. The minimum atomic E-state index is -0.00905. The first kappa shape index (κ1) is 19.2. The van der Waals surface area contributed by atoms with Crippen molar-refractivity contribution in [1.29, 1.82) is 0 Å². The summed E-state index contributed by atoms with van der Waals surface area (Å²) in [6, 6.07) is 11.6. The highest BCUT2D eigenvalue weighted by atomic mass is 16.5. The van der Waals surface area contributed by atoms with Gasteiger partial charge in [0.25, 0.3) is 0 Å². The number of rotatable bonds is 7. The van der Waals surface area contributed by atoms with Crippen LogP contribution in [-0.4, -0.2) is 56.2 Å². The van der Waals surface area contributed by atoms with Crippen LogP contribution in [0.25, 0.3) is 0 Å². The quantitative estimate of drug-likeness (QED) is 0.581. The fourth-order valence-electron chi connectivity index (χ4n) is 4.18. The average molecular weight is 359 g/mol. The highest BCUT2D eigenvalue weighted by Gasteiger charge is 2.30. The Hall–Kier alpha value is -1.59. The molecule has 1 saturated heterocycles. The summed E-state index contributed by atoms with van der Waals surface area (Å²) in [4.78, 5) is 7.47. The number of likely N-dealkylation sites (tertiary alicyclic amines) is 1. The van der Waals surface area contributed by atoms with Crippen LogP contribution in [0.3, 0.4) is 0 Å². The first-order valence-corrected chi connectivity index (χ1v) is 10.2. The minimum Gasteiger partial charge on any atom is -0.375 e. The van der Waals surface area contributed by atoms with Crippen LogP contribution >= 0.6 is 0 Å². The van der Waals surface area contributed by atoms with Crippen LogP contribution in [0.1, 0.15) is 50.7 Å². The van der Waals surface area contributed by atoms with Crippen molar-refractivity contribution in [3.63, 3.8) is 0 Å². The lowest BCUT2D eigenvalue weighted by molar-refractivity contribution is 0.111. The van der Waals surface area contributed by atoms with Gasteiger partial charge in [0.2, 0.25) is 0 Å². The summed E-state index contributed by atoms with van der Waals surface area (Å²) >= 11 is 0. The Kier molecular flexibility index (Phi) is 7.32. The zero-order valence-corrected chi connectivity index (χ0v) is 16.3. The molecule has 1 aliphatic carbocycles. The molecule has 26 heavy (non-hydrogen) atoms. The van der Waals surface area contributed by atoms with E-state index in [9.17, 15) is 0 Å². The Morgan fingerprint density at radius 3 is 2.69 bits per heavy atom. The lowest BCUT2D eigenvalue weighted by atomic mass is 10.1. The molecule has 2 aliphatic rings. The second kappa shape index (κ2) is 9.93. The number of methoxy groups -OCH3 is 1. The Labute approximate surface area is 158 Å². The predicted octanol–water partition coefficient (Wildman–Crippen LogP) is 2.95. The van der Waals surface area contributed by atoms with Crippen molar-refractivity contribution in [1.82, 2.24) is 15.5 Å². The Balaban J connectivity index is 1.55. The molecule has 144 valence electrons. The molecule has 0 radical (unpaired) electrons. The monoisotopic (exact) mass is 358 g/mol. The maximum absolute atomic E-state index is 5.65. The number of ether oxygens (including phenoxy) is 1. The smallest absolute Gasteiger partial charge is 0.191 e. The molecule has 0 bridgehead atoms. The van der Waals surface area contributed by atoms with Crippen LogP contribution in [0.4, 0.5) is 0 Å². The van der Waals surface area contributed by atoms with E-state index in [4.69, 9.17) is 9.73 Å². The van der Waals surface area contributed by atoms with E-state index in [1.807, 2.05) is 18.2 Å². The lowest BCUT2D eigenvalue weighted by Gasteiger charge is -2.24. The van der Waals surface area contributed by atoms with Crippen molar-refractivity contribution in [2.45, 2.75) is 57.2 Å². The van der Waals surface area contributed by atoms with Gasteiger partial charge >= 0.3 is 0 Å². The van der Waals surface area contributed by atoms with Gasteiger partial charge in [-0.1, -0.05) is 43.2 Å². The van der Waals surface area contributed by atoms with Crippen LogP contribution in [0.2, 0.25) is 0 Å². The Bertz CT molecular complexity index is 556. The van der Waals surface area contributed by atoms with E-state index >= 15 is 0 Å². The Morgan fingerprint density at radius 2 is 2.00 bits per heavy atom. The average Bonchev–Trinajstić information content (AvgIpc) is 3.35. The first-order chi connectivity index (χ1) is 12.8. The summed E-state index contributed by atoms with van der Waals surface area (Å²) in [6.45, 7) is 5.96. The maximum Gasteiger partial charge on any atom is 0.191 e. The number of benzene rings is 1. The lowest BCUT2D eigenvalue weighted by Crippen LogP contribution is -2.45. The van der Waals surface area contributed by atoms with Crippen LogP contribution in [0.5, 0.6) is 0 Å². The van der Waals surface area contributed by atoms with E-state index in [0.29, 0.717) is 12.6 Å². The maximum atomic E-state index is 5.65. The Morgan fingerprint density at radius 1 is 1.23 bits per heavy atom. The van der Waals surface area contributed by atoms with Gasteiger partial charge < -0.3 is 15.4 Å². The van der Waals surface area contributed by atoms with E-state index in [1.54, 1.807) is 7.11 Å². The summed E-state index contributed by atoms with van der Waals surface area (Å²) < 4.78 is 5.65. The molecular weight excluding hydrogens is 324 g/mol. The van der Waals surface area contributed by atoms with Gasteiger partial charge in [-0.25, -0.2) is 0 Å². The van der Waals surface area contributed by atoms with E-state index in [-0.39, 0.29) is 6.10 Å². The molecule has 1 saturated carbocycles. The molecule has 1 aliphatic heterocycles. The molecule has 1 heterocycles. The third-order valence-electron chi connectivity index (χ3n) is 5.62. The zero-order valence-electron chi connectivity index (χ0n) is 16.3.